The van der Waals surface area contributed by atoms with Gasteiger partial charge < -0.3 is 17.0 Å². The number of para-hydroxylation sites is 1. The van der Waals surface area contributed by atoms with Crippen molar-refractivity contribution in [2.24, 2.45) is 0 Å². The fourth-order valence-corrected chi connectivity index (χ4v) is 1.60. The molecule has 0 unspecified atom stereocenters. The zero-order valence-electron chi connectivity index (χ0n) is 8.73. The molecule has 0 spiro atoms. The third-order valence-electron chi connectivity index (χ3n) is 2.33. The van der Waals surface area contributed by atoms with Gasteiger partial charge in [-0.15, -0.1) is 0 Å². The van der Waals surface area contributed by atoms with Crippen molar-refractivity contribution in [3.8, 4) is 0 Å². The number of halogens is 1. The highest BCUT2D eigenvalue weighted by Gasteiger charge is 2.03. The molecule has 1 aromatic carbocycles. The van der Waals surface area contributed by atoms with Crippen molar-refractivity contribution in [1.29, 1.82) is 0 Å². The third kappa shape index (κ3) is 2.66. The van der Waals surface area contributed by atoms with Gasteiger partial charge >= 0.3 is 0 Å². The van der Waals surface area contributed by atoms with Gasteiger partial charge in [0.15, 0.2) is 12.7 Å². The maximum Gasteiger partial charge on any atom is 0.212 e. The predicted octanol–water partition coefficient (Wildman–Crippen LogP) is -0.293. The van der Waals surface area contributed by atoms with Crippen LogP contribution in [-0.4, -0.2) is 0 Å². The average molecular weight is 264 g/mol. The van der Waals surface area contributed by atoms with Crippen molar-refractivity contribution in [2.45, 2.75) is 13.5 Å². The second-order valence-corrected chi connectivity index (χ2v) is 3.29. The molecule has 0 aliphatic heterocycles. The van der Waals surface area contributed by atoms with E-state index in [9.17, 15) is 0 Å². The van der Waals surface area contributed by atoms with E-state index in [0.717, 1.165) is 6.54 Å². The molecule has 0 saturated carbocycles. The summed E-state index contributed by atoms with van der Waals surface area (Å²) in [4.78, 5) is 0. The van der Waals surface area contributed by atoms with E-state index in [1.54, 1.807) is 0 Å². The Bertz CT molecular complexity index is 458. The van der Waals surface area contributed by atoms with Gasteiger partial charge in [-0.25, -0.2) is 0 Å². The number of fused-ring (bicyclic) bond motifs is 1. The minimum atomic E-state index is 0. The smallest absolute Gasteiger partial charge is 0.212 e. The molecular weight excluding hydrogens is 250 g/mol. The fraction of sp³-hybridized carbons (Fsp3) is 0.154. The molecule has 0 N–H and O–H groups in total. The molecule has 0 amide bonds. The molecule has 0 radical (unpaired) electrons. The molecule has 2 aromatic rings. The molecule has 1 heterocycles. The van der Waals surface area contributed by atoms with Crippen molar-refractivity contribution >= 4 is 10.9 Å². The van der Waals surface area contributed by atoms with E-state index in [4.69, 9.17) is 0 Å². The fourth-order valence-electron chi connectivity index (χ4n) is 1.60. The van der Waals surface area contributed by atoms with Crippen LogP contribution in [-0.2, 0) is 6.54 Å². The van der Waals surface area contributed by atoms with Crippen LogP contribution in [0, 0.1) is 0 Å². The van der Waals surface area contributed by atoms with Gasteiger partial charge in [-0.3, -0.25) is 0 Å². The number of nitrogens with zero attached hydrogens (tertiary/aromatic N) is 1. The summed E-state index contributed by atoms with van der Waals surface area (Å²) < 4.78 is 2.25. The first kappa shape index (κ1) is 11.9. The lowest BCUT2D eigenvalue weighted by atomic mass is 10.2. The van der Waals surface area contributed by atoms with Crippen LogP contribution in [0.25, 0.3) is 10.9 Å². The minimum Gasteiger partial charge on any atom is -1.00 e. The SMILES string of the molecule is C/C=C/C[n+]1cccc2ccccc21.[Br-]. The number of aromatic nitrogens is 1. The molecule has 1 aromatic heterocycles. The Morgan fingerprint density at radius 1 is 1.13 bits per heavy atom. The van der Waals surface area contributed by atoms with Crippen molar-refractivity contribution < 1.29 is 21.5 Å². The van der Waals surface area contributed by atoms with E-state index in [0.29, 0.717) is 0 Å². The monoisotopic (exact) mass is 263 g/mol. The first-order chi connectivity index (χ1) is 6.92. The van der Waals surface area contributed by atoms with Crippen LogP contribution in [0.3, 0.4) is 0 Å². The Hall–Kier alpha value is -1.15. The van der Waals surface area contributed by atoms with Crippen molar-refractivity contribution in [1.82, 2.24) is 0 Å². The van der Waals surface area contributed by atoms with Gasteiger partial charge in [0.2, 0.25) is 5.52 Å². The van der Waals surface area contributed by atoms with Gasteiger partial charge in [0.1, 0.15) is 0 Å². The molecular formula is C13H14BrN. The topological polar surface area (TPSA) is 3.88 Å². The number of benzene rings is 1. The van der Waals surface area contributed by atoms with Gasteiger partial charge in [0.25, 0.3) is 0 Å². The molecule has 0 aliphatic carbocycles. The van der Waals surface area contributed by atoms with E-state index in [1.165, 1.54) is 10.9 Å². The molecule has 0 bridgehead atoms. The zero-order valence-corrected chi connectivity index (χ0v) is 10.3. The van der Waals surface area contributed by atoms with Gasteiger partial charge in [-0.05, 0) is 25.1 Å². The molecule has 2 rings (SSSR count). The van der Waals surface area contributed by atoms with Crippen LogP contribution in [0.2, 0.25) is 0 Å². The van der Waals surface area contributed by atoms with E-state index < -0.39 is 0 Å². The maximum atomic E-state index is 2.25. The molecule has 78 valence electrons. The molecule has 2 heteroatoms. The summed E-state index contributed by atoms with van der Waals surface area (Å²) in [7, 11) is 0. The van der Waals surface area contributed by atoms with E-state index in [2.05, 4.69) is 59.3 Å². The van der Waals surface area contributed by atoms with Gasteiger partial charge in [-0.2, -0.15) is 4.57 Å². The summed E-state index contributed by atoms with van der Waals surface area (Å²) in [5.74, 6) is 0. The molecule has 15 heavy (non-hydrogen) atoms. The normalized spacial score (nSPS) is 10.5. The summed E-state index contributed by atoms with van der Waals surface area (Å²) in [5.41, 5.74) is 1.29. The summed E-state index contributed by atoms with van der Waals surface area (Å²) in [6, 6.07) is 12.7. The van der Waals surface area contributed by atoms with Crippen LogP contribution >= 0.6 is 0 Å². The summed E-state index contributed by atoms with van der Waals surface area (Å²) >= 11 is 0. The minimum absolute atomic E-state index is 0. The molecule has 0 fully saturated rings. The third-order valence-corrected chi connectivity index (χ3v) is 2.33. The van der Waals surface area contributed by atoms with Crippen LogP contribution in [0.15, 0.2) is 54.7 Å². The lowest BCUT2D eigenvalue weighted by Crippen LogP contribution is -3.00. The summed E-state index contributed by atoms with van der Waals surface area (Å²) in [6.45, 7) is 2.99. The van der Waals surface area contributed by atoms with Gasteiger partial charge in [0, 0.05) is 17.5 Å². The molecule has 0 atom stereocenters. The van der Waals surface area contributed by atoms with Crippen molar-refractivity contribution in [2.75, 3.05) is 0 Å². The second kappa shape index (κ2) is 5.66. The Balaban J connectivity index is 0.00000112. The first-order valence-electron chi connectivity index (χ1n) is 4.90. The summed E-state index contributed by atoms with van der Waals surface area (Å²) in [6.07, 6.45) is 6.35. The van der Waals surface area contributed by atoms with E-state index in [-0.39, 0.29) is 17.0 Å². The number of allylic oxidation sites excluding steroid dienone is 2. The highest BCUT2D eigenvalue weighted by atomic mass is 79.9. The zero-order chi connectivity index (χ0) is 9.80. The molecule has 0 aliphatic rings. The van der Waals surface area contributed by atoms with Gasteiger partial charge in [-0.1, -0.05) is 18.2 Å². The second-order valence-electron chi connectivity index (χ2n) is 3.29. The standard InChI is InChI=1S/C13H14N.BrH/c1-2-3-10-14-11-6-8-12-7-4-5-9-13(12)14;/h2-9,11H,10H2,1H3;1H/q+1;/p-1/b3-2+;. The van der Waals surface area contributed by atoms with E-state index >= 15 is 0 Å². The number of hydrogen-bond acceptors (Lipinski definition) is 0. The van der Waals surface area contributed by atoms with Crippen LogP contribution < -0.4 is 21.5 Å². The van der Waals surface area contributed by atoms with Crippen molar-refractivity contribution in [3.63, 3.8) is 0 Å². The van der Waals surface area contributed by atoms with E-state index in [1.807, 2.05) is 6.92 Å². The Kier molecular flexibility index (Phi) is 4.50. The van der Waals surface area contributed by atoms with Crippen LogP contribution in [0.1, 0.15) is 6.92 Å². The first-order valence-corrected chi connectivity index (χ1v) is 4.90. The Morgan fingerprint density at radius 2 is 1.87 bits per heavy atom. The van der Waals surface area contributed by atoms with Crippen LogP contribution in [0.4, 0.5) is 0 Å². The molecule has 1 nitrogen and oxygen atoms in total. The van der Waals surface area contributed by atoms with Crippen LogP contribution in [0.5, 0.6) is 0 Å². The highest BCUT2D eigenvalue weighted by molar-refractivity contribution is 5.74. The number of hydrogen-bond donors (Lipinski definition) is 0. The average Bonchev–Trinajstić information content (AvgIpc) is 2.26. The highest BCUT2D eigenvalue weighted by Crippen LogP contribution is 2.07. The summed E-state index contributed by atoms with van der Waals surface area (Å²) in [5, 5.41) is 1.29. The predicted molar refractivity (Wildman–Crippen MR) is 59.0 cm³/mol. The van der Waals surface area contributed by atoms with Crippen molar-refractivity contribution in [3.05, 3.63) is 54.7 Å². The largest absolute Gasteiger partial charge is 1.00 e. The Morgan fingerprint density at radius 3 is 2.67 bits per heavy atom. The Labute approximate surface area is 101 Å². The maximum absolute atomic E-state index is 2.25. The lowest BCUT2D eigenvalue weighted by Gasteiger charge is -1.97. The molecule has 0 saturated heterocycles. The van der Waals surface area contributed by atoms with Gasteiger partial charge in [0.05, 0.1) is 0 Å². The lowest BCUT2D eigenvalue weighted by molar-refractivity contribution is -0.661. The quantitative estimate of drug-likeness (QED) is 0.518. The number of rotatable bonds is 2. The number of pyridine rings is 1.